The van der Waals surface area contributed by atoms with Crippen molar-refractivity contribution in [1.29, 1.82) is 0 Å². The average Bonchev–Trinajstić information content (AvgIpc) is 3.61. The molecule has 1 atom stereocenters. The molecule has 2 aliphatic carbocycles. The summed E-state index contributed by atoms with van der Waals surface area (Å²) in [7, 11) is 0. The second kappa shape index (κ2) is 15.5. The maximum absolute atomic E-state index is 2.71. The van der Waals surface area contributed by atoms with Gasteiger partial charge in [0.05, 0.1) is 0 Å². The fourth-order valence-corrected chi connectivity index (χ4v) is 17.1. The smallest absolute Gasteiger partial charge is 1.00 e. The van der Waals surface area contributed by atoms with E-state index in [1.807, 2.05) is 0 Å². The van der Waals surface area contributed by atoms with Crippen molar-refractivity contribution >= 4 is 15.3 Å². The van der Waals surface area contributed by atoms with Crippen molar-refractivity contribution in [3.63, 3.8) is 0 Å². The summed E-state index contributed by atoms with van der Waals surface area (Å²) in [6, 6.07) is 37.3. The molecular weight excluding hydrogens is 755 g/mol. The summed E-state index contributed by atoms with van der Waals surface area (Å²) in [6.07, 6.45) is 5.94. The quantitative estimate of drug-likeness (QED) is 0.169. The van der Waals surface area contributed by atoms with E-state index in [0.717, 1.165) is 19.3 Å². The number of benzene rings is 5. The number of fused-ring (bicyclic) bond motifs is 4. The molecule has 0 aromatic heterocycles. The Morgan fingerprint density at radius 3 is 1.98 bits per heavy atom. The van der Waals surface area contributed by atoms with Crippen molar-refractivity contribution in [3.05, 3.63) is 142 Å². The molecule has 0 saturated heterocycles. The summed E-state index contributed by atoms with van der Waals surface area (Å²) in [5.74, 6) is -0.402. The SMILES string of the molecule is CCCC1=Cc2c(-c3ccc(-c4ccccc4)cc3)cccc2C1c1c2c(c[c]([Zr+2][SiH](C)C)c1C(C)(C)C)-c1ccc(C(C)(C)C)cc1C2.[Cl-].[Cl-]. The van der Waals surface area contributed by atoms with E-state index in [0.29, 0.717) is 5.92 Å². The van der Waals surface area contributed by atoms with Crippen LogP contribution in [0.3, 0.4) is 0 Å². The minimum atomic E-state index is -0.713. The third-order valence-corrected chi connectivity index (χ3v) is 19.0. The van der Waals surface area contributed by atoms with E-state index in [-0.39, 0.29) is 35.6 Å². The molecule has 0 N–H and O–H groups in total. The van der Waals surface area contributed by atoms with Gasteiger partial charge < -0.3 is 24.8 Å². The Kier molecular flexibility index (Phi) is 12.1. The van der Waals surface area contributed by atoms with Gasteiger partial charge in [-0.05, 0) is 0 Å². The van der Waals surface area contributed by atoms with Gasteiger partial charge in [0.15, 0.2) is 0 Å². The molecule has 1 unspecified atom stereocenters. The normalized spacial score (nSPS) is 14.5. The summed E-state index contributed by atoms with van der Waals surface area (Å²) in [4.78, 5) is 0. The van der Waals surface area contributed by atoms with Crippen LogP contribution in [0.1, 0.15) is 106 Å². The number of allylic oxidation sites excluding steroid dienone is 1. The van der Waals surface area contributed by atoms with Crippen molar-refractivity contribution in [3.8, 4) is 33.4 Å². The van der Waals surface area contributed by atoms with Gasteiger partial charge in [-0.3, -0.25) is 0 Å². The van der Waals surface area contributed by atoms with Crippen LogP contribution in [0.4, 0.5) is 0 Å². The van der Waals surface area contributed by atoms with Gasteiger partial charge in [0.1, 0.15) is 0 Å². The third-order valence-electron chi connectivity index (χ3n) is 10.6. The van der Waals surface area contributed by atoms with Gasteiger partial charge in [-0.15, -0.1) is 0 Å². The Morgan fingerprint density at radius 2 is 1.35 bits per heavy atom. The molecule has 0 bridgehead atoms. The largest absolute Gasteiger partial charge is 1.00 e. The maximum atomic E-state index is 2.71. The Labute approximate surface area is 332 Å². The minimum Gasteiger partial charge on any atom is -1.00 e. The molecule has 0 radical (unpaired) electrons. The summed E-state index contributed by atoms with van der Waals surface area (Å²) >= 11 is -0.698. The molecule has 0 saturated carbocycles. The zero-order valence-corrected chi connectivity index (χ0v) is 37.0. The van der Waals surface area contributed by atoms with E-state index >= 15 is 0 Å². The van der Waals surface area contributed by atoms with Crippen molar-refractivity contribution in [2.45, 2.75) is 97.6 Å². The van der Waals surface area contributed by atoms with Crippen LogP contribution in [0, 0.1) is 0 Å². The van der Waals surface area contributed by atoms with Crippen LogP contribution in [0.2, 0.25) is 13.1 Å². The molecule has 0 heterocycles. The Bertz CT molecular complexity index is 2060. The zero-order valence-electron chi connectivity index (χ0n) is 31.8. The standard InChI is InChI=1S/C45H45.C2H7Si.2ClH.Zr/c1-8-13-32-27-39-35(31-20-18-30(19-21-31)29-14-10-9-11-15-29)16-12-17-38(39)42(32)43-40-28-33-26-34(44(2,3)4)22-23-36(33)37(40)24-25-41(43)45(5,6)7;1-3-2;;;/h9-12,14-24,26-27,42H,8,13,28H2,1-7H3;3H,1-2H3;2*1H;/q;;;;+2/p-2. The first-order valence-corrected chi connectivity index (χ1v) is 26.8. The van der Waals surface area contributed by atoms with Crippen molar-refractivity contribution < 1.29 is 47.2 Å². The van der Waals surface area contributed by atoms with Gasteiger partial charge in [-0.1, -0.05) is 30.3 Å². The Hall–Kier alpha value is -2.48. The number of hydrogen-bond acceptors (Lipinski definition) is 0. The van der Waals surface area contributed by atoms with Gasteiger partial charge in [0.25, 0.3) is 0 Å². The van der Waals surface area contributed by atoms with Crippen LogP contribution in [0.15, 0.2) is 103 Å². The van der Waals surface area contributed by atoms with Gasteiger partial charge in [0, 0.05) is 0 Å². The van der Waals surface area contributed by atoms with E-state index in [9.17, 15) is 0 Å². The summed E-state index contributed by atoms with van der Waals surface area (Å²) in [6.45, 7) is 22.1. The van der Waals surface area contributed by atoms with E-state index < -0.39 is 28.3 Å². The molecular formula is C47H52Cl2SiZr. The summed E-state index contributed by atoms with van der Waals surface area (Å²) < 4.78 is 1.77. The number of halogens is 2. The molecule has 51 heavy (non-hydrogen) atoms. The monoisotopic (exact) mass is 804 g/mol. The third kappa shape index (κ3) is 7.64. The Balaban J connectivity index is 0.00000252. The molecule has 0 fully saturated rings. The first kappa shape index (κ1) is 39.7. The first-order chi connectivity index (χ1) is 23.3. The first-order valence-electron chi connectivity index (χ1n) is 18.4. The van der Waals surface area contributed by atoms with Crippen LogP contribution in [-0.2, 0) is 39.6 Å². The van der Waals surface area contributed by atoms with Crippen LogP contribution in [0.5, 0.6) is 0 Å². The average molecular weight is 807 g/mol. The molecule has 0 nitrogen and oxygen atoms in total. The molecule has 2 aliphatic rings. The maximum Gasteiger partial charge on any atom is -1.00 e. The summed E-state index contributed by atoms with van der Waals surface area (Å²) in [5.41, 5.74) is 21.0. The van der Waals surface area contributed by atoms with Gasteiger partial charge in [0.2, 0.25) is 0 Å². The van der Waals surface area contributed by atoms with E-state index in [1.54, 1.807) is 31.1 Å². The van der Waals surface area contributed by atoms with Crippen LogP contribution < -0.4 is 28.1 Å². The van der Waals surface area contributed by atoms with Gasteiger partial charge in [-0.25, -0.2) is 0 Å². The second-order valence-electron chi connectivity index (χ2n) is 16.7. The second-order valence-corrected chi connectivity index (χ2v) is 31.3. The van der Waals surface area contributed by atoms with E-state index in [1.165, 1.54) is 50.1 Å². The van der Waals surface area contributed by atoms with Crippen LogP contribution in [0.25, 0.3) is 39.5 Å². The van der Waals surface area contributed by atoms with Crippen LogP contribution >= 0.6 is 0 Å². The van der Waals surface area contributed by atoms with Crippen molar-refractivity contribution in [2.75, 3.05) is 0 Å². The molecule has 4 heteroatoms. The van der Waals surface area contributed by atoms with Crippen molar-refractivity contribution in [1.82, 2.24) is 0 Å². The minimum absolute atomic E-state index is 0. The van der Waals surface area contributed by atoms with Gasteiger partial charge >= 0.3 is 280 Å². The van der Waals surface area contributed by atoms with Crippen molar-refractivity contribution in [2.24, 2.45) is 0 Å². The molecule has 262 valence electrons. The molecule has 7 rings (SSSR count). The fourth-order valence-electron chi connectivity index (χ4n) is 8.42. The molecule has 0 aliphatic heterocycles. The van der Waals surface area contributed by atoms with E-state index in [2.05, 4.69) is 165 Å². The molecule has 5 aromatic rings. The van der Waals surface area contributed by atoms with Gasteiger partial charge in [-0.2, -0.15) is 0 Å². The summed E-state index contributed by atoms with van der Waals surface area (Å²) in [5, 5.41) is 0. The van der Waals surface area contributed by atoms with Crippen LogP contribution in [-0.4, -0.2) is 5.92 Å². The fraction of sp³-hybridized carbons (Fsp3) is 0.319. The Morgan fingerprint density at radius 1 is 0.686 bits per heavy atom. The zero-order chi connectivity index (χ0) is 34.7. The number of rotatable bonds is 7. The predicted molar refractivity (Wildman–Crippen MR) is 213 cm³/mol. The molecule has 0 spiro atoms. The predicted octanol–water partition coefficient (Wildman–Crippen LogP) is 6.22. The number of hydrogen-bond donors (Lipinski definition) is 0. The molecule has 0 amide bonds. The van der Waals surface area contributed by atoms with E-state index in [4.69, 9.17) is 0 Å². The topological polar surface area (TPSA) is 0 Å². The molecule has 5 aromatic carbocycles.